The number of ether oxygens (including phenoxy) is 3. The lowest BCUT2D eigenvalue weighted by Crippen LogP contribution is -2.39. The van der Waals surface area contributed by atoms with Crippen LogP contribution >= 0.6 is 0 Å². The van der Waals surface area contributed by atoms with E-state index in [0.29, 0.717) is 23.7 Å². The molecule has 2 aromatic rings. The zero-order valence-corrected chi connectivity index (χ0v) is 14.9. The first-order valence-electron chi connectivity index (χ1n) is 8.08. The number of sulfonamides is 1. The number of fused-ring (bicyclic) bond motifs is 2. The molecule has 0 aliphatic carbocycles. The standard InChI is InChI=1S/C18H19NO5S/c1-12-7-13-8-14(22-2)3-5-16(13)19(10-12)25(20,21)15-4-6-17-18(9-15)24-11-23-17/h3-6,8-9,12H,7,10-11H2,1-2H3. The molecule has 1 unspecified atom stereocenters. The summed E-state index contributed by atoms with van der Waals surface area (Å²) in [6, 6.07) is 10.2. The number of anilines is 1. The molecule has 132 valence electrons. The first-order valence-corrected chi connectivity index (χ1v) is 9.52. The van der Waals surface area contributed by atoms with Gasteiger partial charge in [0.2, 0.25) is 6.79 Å². The maximum absolute atomic E-state index is 13.2. The molecule has 0 saturated carbocycles. The highest BCUT2D eigenvalue weighted by Crippen LogP contribution is 2.39. The minimum atomic E-state index is -3.69. The minimum absolute atomic E-state index is 0.113. The van der Waals surface area contributed by atoms with Gasteiger partial charge >= 0.3 is 0 Å². The molecule has 25 heavy (non-hydrogen) atoms. The number of hydrogen-bond donors (Lipinski definition) is 0. The number of methoxy groups -OCH3 is 1. The third-order valence-electron chi connectivity index (χ3n) is 4.53. The molecule has 7 heteroatoms. The fourth-order valence-corrected chi connectivity index (χ4v) is 4.95. The number of rotatable bonds is 3. The lowest BCUT2D eigenvalue weighted by Gasteiger charge is -2.34. The molecule has 0 N–H and O–H groups in total. The Hall–Kier alpha value is -2.41. The third kappa shape index (κ3) is 2.68. The van der Waals surface area contributed by atoms with Crippen molar-refractivity contribution in [1.29, 1.82) is 0 Å². The van der Waals surface area contributed by atoms with Gasteiger partial charge in [-0.3, -0.25) is 4.31 Å². The molecule has 2 aliphatic rings. The summed E-state index contributed by atoms with van der Waals surface area (Å²) in [5.41, 5.74) is 1.68. The Labute approximate surface area is 147 Å². The van der Waals surface area contributed by atoms with Gasteiger partial charge in [-0.25, -0.2) is 8.42 Å². The summed E-state index contributed by atoms with van der Waals surface area (Å²) < 4.78 is 43.8. The zero-order chi connectivity index (χ0) is 17.6. The number of benzene rings is 2. The Morgan fingerprint density at radius 3 is 2.72 bits per heavy atom. The third-order valence-corrected chi connectivity index (χ3v) is 6.31. The van der Waals surface area contributed by atoms with Crippen LogP contribution in [-0.4, -0.2) is 28.9 Å². The van der Waals surface area contributed by atoms with Gasteiger partial charge in [-0.1, -0.05) is 6.92 Å². The fourth-order valence-electron chi connectivity index (χ4n) is 3.31. The second kappa shape index (κ2) is 5.84. The maximum atomic E-state index is 13.2. The van der Waals surface area contributed by atoms with Crippen LogP contribution in [-0.2, 0) is 16.4 Å². The molecule has 2 heterocycles. The van der Waals surface area contributed by atoms with Crippen LogP contribution in [0.5, 0.6) is 17.2 Å². The van der Waals surface area contributed by atoms with E-state index >= 15 is 0 Å². The number of hydrogen-bond acceptors (Lipinski definition) is 5. The molecule has 6 nitrogen and oxygen atoms in total. The fraction of sp³-hybridized carbons (Fsp3) is 0.333. The van der Waals surface area contributed by atoms with Crippen LogP contribution in [0.2, 0.25) is 0 Å². The van der Waals surface area contributed by atoms with Gasteiger partial charge in [0.15, 0.2) is 11.5 Å². The topological polar surface area (TPSA) is 65.1 Å². The highest BCUT2D eigenvalue weighted by Gasteiger charge is 2.33. The van der Waals surface area contributed by atoms with Crippen LogP contribution in [0.25, 0.3) is 0 Å². The molecule has 1 atom stereocenters. The largest absolute Gasteiger partial charge is 0.497 e. The summed E-state index contributed by atoms with van der Waals surface area (Å²) in [6.07, 6.45) is 0.819. The first-order chi connectivity index (χ1) is 12.0. The molecule has 0 amide bonds. The van der Waals surface area contributed by atoms with Crippen molar-refractivity contribution in [2.24, 2.45) is 5.92 Å². The van der Waals surface area contributed by atoms with E-state index in [1.165, 1.54) is 10.4 Å². The van der Waals surface area contributed by atoms with Crippen molar-refractivity contribution >= 4 is 15.7 Å². The van der Waals surface area contributed by atoms with Crippen molar-refractivity contribution in [3.8, 4) is 17.2 Å². The molecule has 0 aromatic heterocycles. The normalized spacial score (nSPS) is 18.8. The van der Waals surface area contributed by atoms with Crippen LogP contribution in [0.15, 0.2) is 41.3 Å². The Morgan fingerprint density at radius 2 is 1.92 bits per heavy atom. The van der Waals surface area contributed by atoms with Crippen molar-refractivity contribution in [2.75, 3.05) is 24.8 Å². The molecule has 4 rings (SSSR count). The van der Waals surface area contributed by atoms with E-state index in [1.807, 2.05) is 19.1 Å². The zero-order valence-electron chi connectivity index (χ0n) is 14.1. The van der Waals surface area contributed by atoms with Gasteiger partial charge in [-0.05, 0) is 48.2 Å². The first kappa shape index (κ1) is 16.1. The van der Waals surface area contributed by atoms with Crippen molar-refractivity contribution < 1.29 is 22.6 Å². The second-order valence-electron chi connectivity index (χ2n) is 6.36. The van der Waals surface area contributed by atoms with Crippen molar-refractivity contribution in [1.82, 2.24) is 0 Å². The number of nitrogens with zero attached hydrogens (tertiary/aromatic N) is 1. The average Bonchev–Trinajstić information content (AvgIpc) is 3.08. The van der Waals surface area contributed by atoms with Gasteiger partial charge in [0.1, 0.15) is 5.75 Å². The van der Waals surface area contributed by atoms with Crippen LogP contribution in [0.4, 0.5) is 5.69 Å². The Bertz CT molecular complexity index is 925. The summed E-state index contributed by atoms with van der Waals surface area (Å²) in [7, 11) is -2.09. The predicted molar refractivity (Wildman–Crippen MR) is 93.0 cm³/mol. The molecule has 2 aliphatic heterocycles. The highest BCUT2D eigenvalue weighted by molar-refractivity contribution is 7.92. The molecular weight excluding hydrogens is 342 g/mol. The summed E-state index contributed by atoms with van der Waals surface area (Å²) in [4.78, 5) is 0.201. The summed E-state index contributed by atoms with van der Waals surface area (Å²) in [6.45, 7) is 2.60. The Balaban J connectivity index is 1.78. The predicted octanol–water partition coefficient (Wildman–Crippen LogP) is 2.81. The highest BCUT2D eigenvalue weighted by atomic mass is 32.2. The van der Waals surface area contributed by atoms with E-state index in [4.69, 9.17) is 14.2 Å². The van der Waals surface area contributed by atoms with E-state index in [-0.39, 0.29) is 17.6 Å². The van der Waals surface area contributed by atoms with E-state index in [0.717, 1.165) is 17.7 Å². The molecule has 0 bridgehead atoms. The van der Waals surface area contributed by atoms with Crippen LogP contribution in [0.3, 0.4) is 0 Å². The van der Waals surface area contributed by atoms with E-state index in [2.05, 4.69) is 0 Å². The molecule has 0 radical (unpaired) electrons. The second-order valence-corrected chi connectivity index (χ2v) is 8.22. The molecule has 0 fully saturated rings. The lowest BCUT2D eigenvalue weighted by atomic mass is 9.95. The van der Waals surface area contributed by atoms with Gasteiger partial charge in [-0.15, -0.1) is 0 Å². The van der Waals surface area contributed by atoms with E-state index < -0.39 is 10.0 Å². The smallest absolute Gasteiger partial charge is 0.264 e. The van der Waals surface area contributed by atoms with Crippen molar-refractivity contribution in [2.45, 2.75) is 18.2 Å². The van der Waals surface area contributed by atoms with Gasteiger partial charge in [0.05, 0.1) is 17.7 Å². The van der Waals surface area contributed by atoms with Crippen LogP contribution in [0.1, 0.15) is 12.5 Å². The monoisotopic (exact) mass is 361 g/mol. The maximum Gasteiger partial charge on any atom is 0.264 e. The lowest BCUT2D eigenvalue weighted by molar-refractivity contribution is 0.174. The SMILES string of the molecule is COc1ccc2c(c1)CC(C)CN2S(=O)(=O)c1ccc2c(c1)OCO2. The quantitative estimate of drug-likeness (QED) is 0.841. The molecule has 0 saturated heterocycles. The molecule has 2 aromatic carbocycles. The van der Waals surface area contributed by atoms with E-state index in [9.17, 15) is 8.42 Å². The van der Waals surface area contributed by atoms with E-state index in [1.54, 1.807) is 25.3 Å². The minimum Gasteiger partial charge on any atom is -0.497 e. The van der Waals surface area contributed by atoms with Crippen LogP contribution in [0, 0.1) is 5.92 Å². The van der Waals surface area contributed by atoms with Gasteiger partial charge in [0.25, 0.3) is 10.0 Å². The summed E-state index contributed by atoms with van der Waals surface area (Å²) >= 11 is 0. The van der Waals surface area contributed by atoms with Gasteiger partial charge in [0, 0.05) is 12.6 Å². The Kier molecular flexibility index (Phi) is 3.76. The van der Waals surface area contributed by atoms with Crippen molar-refractivity contribution in [3.63, 3.8) is 0 Å². The average molecular weight is 361 g/mol. The summed E-state index contributed by atoms with van der Waals surface area (Å²) in [5.74, 6) is 1.97. The van der Waals surface area contributed by atoms with Gasteiger partial charge in [-0.2, -0.15) is 0 Å². The van der Waals surface area contributed by atoms with Crippen molar-refractivity contribution in [3.05, 3.63) is 42.0 Å². The molecular formula is C18H19NO5S. The molecule has 0 spiro atoms. The van der Waals surface area contributed by atoms with Gasteiger partial charge < -0.3 is 14.2 Å². The van der Waals surface area contributed by atoms with Crippen LogP contribution < -0.4 is 18.5 Å². The summed E-state index contributed by atoms with van der Waals surface area (Å²) in [5, 5.41) is 0. The Morgan fingerprint density at radius 1 is 1.12 bits per heavy atom.